The van der Waals surface area contributed by atoms with Gasteiger partial charge in [-0.15, -0.1) is 0 Å². The maximum atomic E-state index is 14.3. The number of nitrogen functional groups attached to an aromatic ring is 1. The highest BCUT2D eigenvalue weighted by molar-refractivity contribution is 5.23. The molecule has 2 aromatic rings. The zero-order valence-electron chi connectivity index (χ0n) is 12.4. The molecule has 2 aromatic heterocycles. The lowest BCUT2D eigenvalue weighted by Gasteiger charge is -2.20. The van der Waals surface area contributed by atoms with Crippen molar-refractivity contribution in [3.8, 4) is 0 Å². The van der Waals surface area contributed by atoms with E-state index in [0.29, 0.717) is 16.9 Å². The Kier molecular flexibility index (Phi) is 4.35. The molecule has 3 atom stereocenters. The molecular weight excluding hydrogens is 326 g/mol. The van der Waals surface area contributed by atoms with Crippen molar-refractivity contribution in [2.45, 2.75) is 30.9 Å². The second-order valence-corrected chi connectivity index (χ2v) is 5.40. The second-order valence-electron chi connectivity index (χ2n) is 5.40. The van der Waals surface area contributed by atoms with Crippen LogP contribution in [0.25, 0.3) is 0 Å². The normalized spacial score (nSPS) is 25.9. The van der Waals surface area contributed by atoms with E-state index in [-0.39, 0.29) is 12.4 Å². The Morgan fingerprint density at radius 1 is 1.46 bits per heavy atom. The summed E-state index contributed by atoms with van der Waals surface area (Å²) in [5, 5.41) is 12.7. The van der Waals surface area contributed by atoms with Crippen molar-refractivity contribution in [1.29, 1.82) is 0 Å². The maximum absolute atomic E-state index is 14.3. The first-order valence-corrected chi connectivity index (χ1v) is 7.18. The summed E-state index contributed by atoms with van der Waals surface area (Å²) < 4.78 is 39.5. The van der Waals surface area contributed by atoms with E-state index in [9.17, 15) is 18.7 Å². The minimum absolute atomic E-state index is 0.0505. The van der Waals surface area contributed by atoms with Gasteiger partial charge in [0.15, 0.2) is 0 Å². The number of hydrogen-bond donors (Lipinski definition) is 3. The molecule has 130 valence electrons. The number of alkyl halides is 2. The number of aliphatic hydroxyl groups is 1. The summed E-state index contributed by atoms with van der Waals surface area (Å²) in [4.78, 5) is 15.1. The molecule has 0 unspecified atom stereocenters. The molecule has 0 radical (unpaired) electrons. The summed E-state index contributed by atoms with van der Waals surface area (Å²) >= 11 is 0. The number of halogens is 2. The van der Waals surface area contributed by atoms with Crippen LogP contribution >= 0.6 is 0 Å². The Hall–Kier alpha value is -2.30. The first-order valence-electron chi connectivity index (χ1n) is 7.18. The molecule has 1 saturated heterocycles. The number of nitrogens with two attached hydrogens (primary N) is 1. The molecule has 4 N–H and O–H groups in total. The maximum Gasteiger partial charge on any atom is 0.351 e. The fourth-order valence-electron chi connectivity index (χ4n) is 2.49. The Morgan fingerprint density at radius 2 is 2.25 bits per heavy atom. The highest BCUT2D eigenvalue weighted by Crippen LogP contribution is 2.41. The van der Waals surface area contributed by atoms with E-state index in [1.54, 1.807) is 12.1 Å². The van der Waals surface area contributed by atoms with E-state index in [0.717, 1.165) is 6.20 Å². The van der Waals surface area contributed by atoms with E-state index in [4.69, 9.17) is 14.9 Å². The summed E-state index contributed by atoms with van der Waals surface area (Å²) in [5.74, 6) is -3.13. The monoisotopic (exact) mass is 342 g/mol. The summed E-state index contributed by atoms with van der Waals surface area (Å²) in [6.45, 7) is 0.240. The number of ether oxygens (including phenoxy) is 1. The number of furan rings is 1. The Bertz CT molecular complexity index is 749. The van der Waals surface area contributed by atoms with Gasteiger partial charge in [-0.2, -0.15) is 13.8 Å². The van der Waals surface area contributed by atoms with Crippen molar-refractivity contribution in [3.63, 3.8) is 0 Å². The zero-order chi connectivity index (χ0) is 17.3. The third-order valence-electron chi connectivity index (χ3n) is 3.71. The number of aromatic nitrogens is 2. The third kappa shape index (κ3) is 3.03. The predicted molar refractivity (Wildman–Crippen MR) is 78.2 cm³/mol. The van der Waals surface area contributed by atoms with Crippen molar-refractivity contribution in [1.82, 2.24) is 14.9 Å². The van der Waals surface area contributed by atoms with E-state index >= 15 is 0 Å². The van der Waals surface area contributed by atoms with Gasteiger partial charge in [-0.05, 0) is 18.2 Å². The second kappa shape index (κ2) is 6.30. The molecule has 8 nitrogen and oxygen atoms in total. The van der Waals surface area contributed by atoms with Crippen LogP contribution in [0.4, 0.5) is 14.6 Å². The lowest BCUT2D eigenvalue weighted by molar-refractivity contribution is -0.140. The van der Waals surface area contributed by atoms with Crippen LogP contribution in [0.2, 0.25) is 0 Å². The Morgan fingerprint density at radius 3 is 2.92 bits per heavy atom. The smallest absolute Gasteiger partial charge is 0.351 e. The van der Waals surface area contributed by atoms with Gasteiger partial charge >= 0.3 is 11.6 Å². The van der Waals surface area contributed by atoms with Gasteiger partial charge in [0.05, 0.1) is 12.8 Å². The van der Waals surface area contributed by atoms with Gasteiger partial charge < -0.3 is 25.3 Å². The third-order valence-corrected chi connectivity index (χ3v) is 3.71. The molecule has 0 bridgehead atoms. The highest BCUT2D eigenvalue weighted by atomic mass is 19.3. The molecule has 0 aromatic carbocycles. The minimum Gasteiger partial charge on any atom is -0.468 e. The van der Waals surface area contributed by atoms with Gasteiger partial charge in [-0.1, -0.05) is 0 Å². The number of nitrogens with one attached hydrogen (secondary N) is 1. The van der Waals surface area contributed by atoms with Crippen molar-refractivity contribution >= 4 is 5.82 Å². The average Bonchev–Trinajstić information content (AvgIpc) is 3.10. The van der Waals surface area contributed by atoms with E-state index in [1.807, 2.05) is 0 Å². The van der Waals surface area contributed by atoms with Gasteiger partial charge in [0.2, 0.25) is 6.23 Å². The number of nitrogens with zero attached hydrogens (tertiary/aromatic N) is 2. The largest absolute Gasteiger partial charge is 0.468 e. The summed E-state index contributed by atoms with van der Waals surface area (Å²) in [7, 11) is 0. The van der Waals surface area contributed by atoms with Gasteiger partial charge in [-0.3, -0.25) is 4.57 Å². The van der Waals surface area contributed by atoms with Gasteiger partial charge in [0.1, 0.15) is 23.8 Å². The molecule has 0 saturated carbocycles. The summed E-state index contributed by atoms with van der Waals surface area (Å²) in [6.07, 6.45) is -2.68. The molecule has 24 heavy (non-hydrogen) atoms. The van der Waals surface area contributed by atoms with Crippen LogP contribution in [0.15, 0.2) is 39.9 Å². The summed E-state index contributed by atoms with van der Waals surface area (Å²) in [5.41, 5.74) is 4.36. The molecule has 0 amide bonds. The van der Waals surface area contributed by atoms with Crippen molar-refractivity contribution in [2.75, 3.05) is 12.3 Å². The molecular formula is C14H16F2N4O4. The Balaban J connectivity index is 1.71. The van der Waals surface area contributed by atoms with Crippen LogP contribution in [0.3, 0.4) is 0 Å². The van der Waals surface area contributed by atoms with E-state index in [2.05, 4.69) is 10.3 Å². The lowest BCUT2D eigenvalue weighted by Crippen LogP contribution is -2.43. The number of aliphatic hydroxyl groups excluding tert-OH is 1. The van der Waals surface area contributed by atoms with Gasteiger partial charge in [0, 0.05) is 12.7 Å². The SMILES string of the molecule is Nc1ccn([C@@H]2O[C@H](CNCc3ccco3)[C@@H](O)C2(F)F)c(=O)n1. The first kappa shape index (κ1) is 16.6. The van der Waals surface area contributed by atoms with Crippen LogP contribution in [0, 0.1) is 0 Å². The molecule has 0 spiro atoms. The molecule has 3 rings (SSSR count). The number of hydrogen-bond acceptors (Lipinski definition) is 7. The number of rotatable bonds is 5. The van der Waals surface area contributed by atoms with Crippen LogP contribution in [0.5, 0.6) is 0 Å². The topological polar surface area (TPSA) is 116 Å². The van der Waals surface area contributed by atoms with Crippen LogP contribution in [-0.4, -0.2) is 39.3 Å². The van der Waals surface area contributed by atoms with E-state index in [1.165, 1.54) is 12.3 Å². The van der Waals surface area contributed by atoms with Gasteiger partial charge in [-0.25, -0.2) is 4.79 Å². The minimum atomic E-state index is -3.65. The van der Waals surface area contributed by atoms with Crippen molar-refractivity contribution < 1.29 is 23.0 Å². The van der Waals surface area contributed by atoms with Crippen LogP contribution in [-0.2, 0) is 11.3 Å². The average molecular weight is 342 g/mol. The molecule has 1 aliphatic rings. The Labute approximate surface area is 134 Å². The lowest BCUT2D eigenvalue weighted by atomic mass is 10.1. The van der Waals surface area contributed by atoms with Gasteiger partial charge in [0.25, 0.3) is 0 Å². The highest BCUT2D eigenvalue weighted by Gasteiger charge is 2.59. The molecule has 10 heteroatoms. The summed E-state index contributed by atoms with van der Waals surface area (Å²) in [6, 6.07) is 4.62. The van der Waals surface area contributed by atoms with Crippen molar-refractivity contribution in [3.05, 3.63) is 46.9 Å². The fourth-order valence-corrected chi connectivity index (χ4v) is 2.49. The standard InChI is InChI=1S/C14H16F2N4O4/c15-14(16)11(21)9(7-18-6-8-2-1-5-23-8)24-12(14)20-4-3-10(17)19-13(20)22/h1-5,9,11-12,18,21H,6-7H2,(H2,17,19,22)/t9-,11-,12-/m1/s1. The first-order chi connectivity index (χ1) is 11.4. The van der Waals surface area contributed by atoms with Crippen LogP contribution < -0.4 is 16.7 Å². The van der Waals surface area contributed by atoms with Crippen LogP contribution in [0.1, 0.15) is 12.0 Å². The molecule has 0 aliphatic carbocycles. The number of anilines is 1. The molecule has 3 heterocycles. The molecule has 1 aliphatic heterocycles. The van der Waals surface area contributed by atoms with Crippen molar-refractivity contribution in [2.24, 2.45) is 0 Å². The predicted octanol–water partition coefficient (Wildman–Crippen LogP) is 0.102. The molecule has 1 fully saturated rings. The quantitative estimate of drug-likeness (QED) is 0.706. The zero-order valence-corrected chi connectivity index (χ0v) is 12.4. The van der Waals surface area contributed by atoms with E-state index < -0.39 is 30.0 Å². The fraction of sp³-hybridized carbons (Fsp3) is 0.429.